The average molecular weight is 380 g/mol. The van der Waals surface area contributed by atoms with Gasteiger partial charge in [-0.15, -0.1) is 0 Å². The van der Waals surface area contributed by atoms with Crippen LogP contribution >= 0.6 is 0 Å². The van der Waals surface area contributed by atoms with Crippen molar-refractivity contribution in [3.8, 4) is 0 Å². The van der Waals surface area contributed by atoms with Crippen LogP contribution in [0, 0.1) is 5.82 Å². The molecule has 5 nitrogen and oxygen atoms in total. The number of hydrogen-bond acceptors (Lipinski definition) is 5. The van der Waals surface area contributed by atoms with Crippen LogP contribution in [-0.2, 0) is 17.8 Å². The van der Waals surface area contributed by atoms with E-state index in [9.17, 15) is 4.39 Å². The second-order valence-electron chi connectivity index (χ2n) is 7.51. The maximum absolute atomic E-state index is 13.6. The highest BCUT2D eigenvalue weighted by Gasteiger charge is 2.21. The molecule has 1 aromatic heterocycles. The van der Waals surface area contributed by atoms with Crippen molar-refractivity contribution in [1.29, 1.82) is 0 Å². The first kappa shape index (κ1) is 18.8. The Morgan fingerprint density at radius 2 is 1.75 bits per heavy atom. The summed E-state index contributed by atoms with van der Waals surface area (Å²) in [6.45, 7) is 7.73. The molecule has 0 amide bonds. The first-order valence-electron chi connectivity index (χ1n) is 9.66. The monoisotopic (exact) mass is 380 g/mol. The van der Waals surface area contributed by atoms with Gasteiger partial charge in [0, 0.05) is 31.6 Å². The van der Waals surface area contributed by atoms with E-state index in [4.69, 9.17) is 4.74 Å². The highest BCUT2D eigenvalue weighted by atomic mass is 19.1. The summed E-state index contributed by atoms with van der Waals surface area (Å²) >= 11 is 0. The van der Waals surface area contributed by atoms with Crippen LogP contribution in [0.1, 0.15) is 25.0 Å². The molecule has 2 atom stereocenters. The molecule has 0 bridgehead atoms. The Balaban J connectivity index is 1.39. The molecule has 1 aliphatic heterocycles. The van der Waals surface area contributed by atoms with Crippen molar-refractivity contribution in [3.63, 3.8) is 0 Å². The lowest BCUT2D eigenvalue weighted by molar-refractivity contribution is -0.0704. The summed E-state index contributed by atoms with van der Waals surface area (Å²) in [5, 5.41) is 3.99. The molecule has 28 heavy (non-hydrogen) atoms. The molecule has 0 aliphatic carbocycles. The largest absolute Gasteiger partial charge is 0.373 e. The number of benzene rings is 2. The molecule has 4 rings (SSSR count). The van der Waals surface area contributed by atoms with Crippen LogP contribution < -0.4 is 5.32 Å². The van der Waals surface area contributed by atoms with Gasteiger partial charge in [0.2, 0.25) is 0 Å². The number of hydrogen-bond donors (Lipinski definition) is 1. The van der Waals surface area contributed by atoms with Gasteiger partial charge in [0.25, 0.3) is 0 Å². The van der Waals surface area contributed by atoms with Crippen LogP contribution in [0.15, 0.2) is 48.8 Å². The van der Waals surface area contributed by atoms with Crippen LogP contribution in [0.3, 0.4) is 0 Å². The number of nitrogens with one attached hydrogen (secondary N) is 1. The topological polar surface area (TPSA) is 50.3 Å². The molecule has 0 saturated carbocycles. The van der Waals surface area contributed by atoms with Crippen molar-refractivity contribution in [1.82, 2.24) is 14.9 Å². The number of fused-ring (bicyclic) bond motifs is 1. The summed E-state index contributed by atoms with van der Waals surface area (Å²) in [5.74, 6) is 0.353. The second-order valence-corrected chi connectivity index (χ2v) is 7.51. The first-order valence-corrected chi connectivity index (χ1v) is 9.66. The van der Waals surface area contributed by atoms with E-state index < -0.39 is 0 Å². The minimum absolute atomic E-state index is 0.278. The van der Waals surface area contributed by atoms with Crippen molar-refractivity contribution in [2.75, 3.05) is 18.4 Å². The fraction of sp³-hybridized carbons (Fsp3) is 0.364. The highest BCUT2D eigenvalue weighted by Crippen LogP contribution is 2.21. The smallest absolute Gasteiger partial charge is 0.137 e. The van der Waals surface area contributed by atoms with Crippen molar-refractivity contribution in [2.24, 2.45) is 0 Å². The molecule has 2 aromatic carbocycles. The molecular weight excluding hydrogens is 355 g/mol. The Hall–Kier alpha value is -2.57. The molecule has 0 spiro atoms. The molecule has 6 heteroatoms. The summed E-state index contributed by atoms with van der Waals surface area (Å²) in [7, 11) is 0. The number of nitrogens with zero attached hydrogens (tertiary/aromatic N) is 3. The van der Waals surface area contributed by atoms with Crippen molar-refractivity contribution >= 4 is 16.7 Å². The van der Waals surface area contributed by atoms with Gasteiger partial charge in [0.05, 0.1) is 17.7 Å². The van der Waals surface area contributed by atoms with E-state index in [-0.39, 0.29) is 18.0 Å². The third kappa shape index (κ3) is 4.46. The van der Waals surface area contributed by atoms with Gasteiger partial charge in [-0.05, 0) is 43.2 Å². The SMILES string of the molecule is CC1CN(Cc2ccc(CNc3ncnc4ccc(F)cc34)cc2)CC(C)O1. The maximum Gasteiger partial charge on any atom is 0.137 e. The van der Waals surface area contributed by atoms with Crippen molar-refractivity contribution in [2.45, 2.75) is 39.1 Å². The number of aromatic nitrogens is 2. The zero-order valence-electron chi connectivity index (χ0n) is 16.2. The van der Waals surface area contributed by atoms with E-state index >= 15 is 0 Å². The molecule has 0 radical (unpaired) electrons. The normalized spacial score (nSPS) is 20.4. The zero-order chi connectivity index (χ0) is 19.5. The fourth-order valence-electron chi connectivity index (χ4n) is 3.79. The van der Waals surface area contributed by atoms with E-state index in [0.717, 1.165) is 30.7 Å². The van der Waals surface area contributed by atoms with E-state index in [1.54, 1.807) is 6.07 Å². The van der Waals surface area contributed by atoms with Crippen LogP contribution in [0.4, 0.5) is 10.2 Å². The van der Waals surface area contributed by atoms with Gasteiger partial charge in [-0.25, -0.2) is 14.4 Å². The molecule has 3 aromatic rings. The number of morpholine rings is 1. The summed E-state index contributed by atoms with van der Waals surface area (Å²) in [5.41, 5.74) is 3.17. The van der Waals surface area contributed by atoms with Gasteiger partial charge in [0.15, 0.2) is 0 Å². The van der Waals surface area contributed by atoms with E-state index in [1.807, 2.05) is 0 Å². The predicted molar refractivity (Wildman–Crippen MR) is 109 cm³/mol. The highest BCUT2D eigenvalue weighted by molar-refractivity contribution is 5.88. The minimum atomic E-state index is -0.290. The van der Waals surface area contributed by atoms with Crippen LogP contribution in [0.25, 0.3) is 10.9 Å². The third-order valence-corrected chi connectivity index (χ3v) is 4.98. The third-order valence-electron chi connectivity index (χ3n) is 4.98. The molecular formula is C22H25FN4O. The van der Waals surface area contributed by atoms with E-state index in [2.05, 4.69) is 58.3 Å². The lowest BCUT2D eigenvalue weighted by Gasteiger charge is -2.35. The van der Waals surface area contributed by atoms with E-state index in [1.165, 1.54) is 24.0 Å². The van der Waals surface area contributed by atoms with Gasteiger partial charge in [0.1, 0.15) is 18.0 Å². The molecule has 2 unspecified atom stereocenters. The van der Waals surface area contributed by atoms with Crippen LogP contribution in [-0.4, -0.2) is 40.2 Å². The summed E-state index contributed by atoms with van der Waals surface area (Å²) in [6.07, 6.45) is 2.05. The molecule has 1 saturated heterocycles. The molecule has 1 aliphatic rings. The van der Waals surface area contributed by atoms with Crippen LogP contribution in [0.5, 0.6) is 0 Å². The molecule has 1 N–H and O–H groups in total. The Morgan fingerprint density at radius 1 is 1.04 bits per heavy atom. The lowest BCUT2D eigenvalue weighted by Crippen LogP contribution is -2.44. The zero-order valence-corrected chi connectivity index (χ0v) is 16.2. The number of anilines is 1. The van der Waals surface area contributed by atoms with Crippen molar-refractivity contribution in [3.05, 3.63) is 65.7 Å². The number of halogens is 1. The quantitative estimate of drug-likeness (QED) is 0.725. The Kier molecular flexibility index (Phi) is 5.50. The summed E-state index contributed by atoms with van der Waals surface area (Å²) in [4.78, 5) is 10.9. The Bertz CT molecular complexity index is 937. The Labute approximate surface area is 164 Å². The minimum Gasteiger partial charge on any atom is -0.373 e. The van der Waals surface area contributed by atoms with E-state index in [0.29, 0.717) is 17.7 Å². The first-order chi connectivity index (χ1) is 13.6. The second kappa shape index (κ2) is 8.20. The van der Waals surface area contributed by atoms with Gasteiger partial charge in [-0.2, -0.15) is 0 Å². The fourth-order valence-corrected chi connectivity index (χ4v) is 3.79. The van der Waals surface area contributed by atoms with Crippen LogP contribution in [0.2, 0.25) is 0 Å². The summed E-state index contributed by atoms with van der Waals surface area (Å²) in [6, 6.07) is 13.1. The average Bonchev–Trinajstić information content (AvgIpc) is 2.66. The van der Waals surface area contributed by atoms with Gasteiger partial charge in [-0.3, -0.25) is 4.90 Å². The molecule has 2 heterocycles. The van der Waals surface area contributed by atoms with Gasteiger partial charge >= 0.3 is 0 Å². The standard InChI is InChI=1S/C22H25FN4O/c1-15-11-27(12-16(2)28-15)13-18-5-3-17(4-6-18)10-24-22-20-9-19(23)7-8-21(20)25-14-26-22/h3-9,14-16H,10-13H2,1-2H3,(H,24,25,26). The van der Waals surface area contributed by atoms with Gasteiger partial charge in [-0.1, -0.05) is 24.3 Å². The Morgan fingerprint density at radius 3 is 2.50 bits per heavy atom. The van der Waals surface area contributed by atoms with Gasteiger partial charge < -0.3 is 10.1 Å². The molecule has 1 fully saturated rings. The predicted octanol–water partition coefficient (Wildman–Crippen LogP) is 3.99. The molecule has 146 valence electrons. The number of ether oxygens (including phenoxy) is 1. The van der Waals surface area contributed by atoms with Crippen molar-refractivity contribution < 1.29 is 9.13 Å². The summed E-state index contributed by atoms with van der Waals surface area (Å²) < 4.78 is 19.4. The lowest BCUT2D eigenvalue weighted by atomic mass is 10.1. The maximum atomic E-state index is 13.6. The number of rotatable bonds is 5.